The van der Waals surface area contributed by atoms with Crippen molar-refractivity contribution in [2.24, 2.45) is 5.14 Å². The monoisotopic (exact) mass is 584 g/mol. The first-order valence-electron chi connectivity index (χ1n) is 10.8. The van der Waals surface area contributed by atoms with E-state index in [-0.39, 0.29) is 11.5 Å². The van der Waals surface area contributed by atoms with Gasteiger partial charge in [0.05, 0.1) is 11.5 Å². The Morgan fingerprint density at radius 1 is 0.917 bits per heavy atom. The Labute approximate surface area is 229 Å². The number of rotatable bonds is 9. The van der Waals surface area contributed by atoms with Gasteiger partial charge in [-0.25, -0.2) is 22.7 Å². The quantitative estimate of drug-likeness (QED) is 0.243. The van der Waals surface area contributed by atoms with Crippen LogP contribution in [-0.4, -0.2) is 13.0 Å². The number of halogens is 4. The summed E-state index contributed by atoms with van der Waals surface area (Å²) in [5, 5.41) is 7.29. The zero-order chi connectivity index (χ0) is 25.9. The number of hydrogen-bond acceptors (Lipinski definition) is 3. The summed E-state index contributed by atoms with van der Waals surface area (Å²) in [5.74, 6) is 0. The molecule has 1 aromatic heterocycles. The molecule has 0 bridgehead atoms. The number of nitrogens with two attached hydrogens (primary N) is 1. The van der Waals surface area contributed by atoms with Crippen LogP contribution in [0.3, 0.4) is 0 Å². The van der Waals surface area contributed by atoms with Crippen molar-refractivity contribution in [2.45, 2.75) is 30.7 Å². The second-order valence-electron chi connectivity index (χ2n) is 8.17. The van der Waals surface area contributed by atoms with Gasteiger partial charge in [0.25, 0.3) is 0 Å². The fourth-order valence-corrected chi connectivity index (χ4v) is 5.17. The first-order chi connectivity index (χ1) is 17.1. The number of hydrogen-bond donors (Lipinski definition) is 1. The van der Waals surface area contributed by atoms with Crippen molar-refractivity contribution in [3.8, 4) is 0 Å². The zero-order valence-corrected chi connectivity index (χ0v) is 22.7. The van der Waals surface area contributed by atoms with Crippen molar-refractivity contribution >= 4 is 56.4 Å². The molecule has 0 aliphatic heterocycles. The van der Waals surface area contributed by atoms with Gasteiger partial charge in [-0.05, 0) is 47.5 Å². The van der Waals surface area contributed by atoms with Crippen molar-refractivity contribution in [1.29, 1.82) is 0 Å². The summed E-state index contributed by atoms with van der Waals surface area (Å²) >= 11 is 25.0. The Morgan fingerprint density at radius 2 is 1.58 bits per heavy atom. The van der Waals surface area contributed by atoms with E-state index in [1.54, 1.807) is 36.4 Å². The molecule has 0 fully saturated rings. The molecule has 3 aromatic carbocycles. The van der Waals surface area contributed by atoms with Gasteiger partial charge < -0.3 is 4.74 Å². The van der Waals surface area contributed by atoms with Gasteiger partial charge in [0.2, 0.25) is 16.4 Å². The summed E-state index contributed by atoms with van der Waals surface area (Å²) in [7, 11) is -3.72. The normalized spacial score (nSPS) is 12.6. The molecule has 4 aromatic rings. The third-order valence-electron chi connectivity index (χ3n) is 5.50. The molecule has 1 atom stereocenters. The van der Waals surface area contributed by atoms with E-state index in [9.17, 15) is 8.42 Å². The smallest absolute Gasteiger partial charge is 0.244 e. The summed E-state index contributed by atoms with van der Waals surface area (Å²) in [5.41, 5.74) is 2.53. The SMILES string of the molecule is NS(=O)(=O)c1ccc(C[n+]2ccn(CC(OCc3ccc(Cl)cc3Cl)c3ccc(Cl)cc3Cl)c2)cc1. The molecule has 0 saturated heterocycles. The van der Waals surface area contributed by atoms with Gasteiger partial charge in [-0.15, -0.1) is 0 Å². The molecular weight excluding hydrogens is 564 g/mol. The molecule has 0 spiro atoms. The van der Waals surface area contributed by atoms with Crippen molar-refractivity contribution in [3.05, 3.63) is 116 Å². The van der Waals surface area contributed by atoms with Crippen LogP contribution in [-0.2, 0) is 34.5 Å². The molecule has 6 nitrogen and oxygen atoms in total. The second-order valence-corrected chi connectivity index (χ2v) is 11.4. The lowest BCUT2D eigenvalue weighted by Gasteiger charge is -2.19. The highest BCUT2D eigenvalue weighted by molar-refractivity contribution is 7.89. The van der Waals surface area contributed by atoms with Crippen LogP contribution in [0, 0.1) is 0 Å². The van der Waals surface area contributed by atoms with Crippen molar-refractivity contribution < 1.29 is 17.7 Å². The summed E-state index contributed by atoms with van der Waals surface area (Å²) in [6.45, 7) is 1.28. The highest BCUT2D eigenvalue weighted by atomic mass is 35.5. The fourth-order valence-electron chi connectivity index (χ4n) is 3.66. The average molecular weight is 586 g/mol. The number of sulfonamides is 1. The number of nitrogens with zero attached hydrogens (tertiary/aromatic N) is 2. The zero-order valence-electron chi connectivity index (χ0n) is 18.8. The molecule has 1 unspecified atom stereocenters. The molecule has 0 saturated carbocycles. The summed E-state index contributed by atoms with van der Waals surface area (Å²) in [6.07, 6.45) is 5.39. The van der Waals surface area contributed by atoms with Crippen LogP contribution in [0.25, 0.3) is 0 Å². The maximum atomic E-state index is 11.5. The van der Waals surface area contributed by atoms with Gasteiger partial charge in [-0.2, -0.15) is 0 Å². The van der Waals surface area contributed by atoms with E-state index < -0.39 is 16.1 Å². The third kappa shape index (κ3) is 7.01. The lowest BCUT2D eigenvalue weighted by Crippen LogP contribution is -2.31. The highest BCUT2D eigenvalue weighted by Gasteiger charge is 2.21. The Bertz CT molecular complexity index is 1470. The number of benzene rings is 3. The van der Waals surface area contributed by atoms with Crippen LogP contribution in [0.15, 0.2) is 84.3 Å². The molecule has 1 heterocycles. The second kappa shape index (κ2) is 11.5. The highest BCUT2D eigenvalue weighted by Crippen LogP contribution is 2.31. The van der Waals surface area contributed by atoms with Crippen LogP contribution >= 0.6 is 46.4 Å². The first kappa shape index (κ1) is 26.9. The number of ether oxygens (including phenoxy) is 1. The Kier molecular flexibility index (Phi) is 8.63. The molecule has 36 heavy (non-hydrogen) atoms. The van der Waals surface area contributed by atoms with E-state index in [2.05, 4.69) is 0 Å². The maximum absolute atomic E-state index is 11.5. The minimum atomic E-state index is -3.72. The topological polar surface area (TPSA) is 78.2 Å². The third-order valence-corrected chi connectivity index (χ3v) is 7.58. The van der Waals surface area contributed by atoms with E-state index in [1.165, 1.54) is 12.1 Å². The minimum Gasteiger partial charge on any atom is -0.365 e. The van der Waals surface area contributed by atoms with E-state index >= 15 is 0 Å². The van der Waals surface area contributed by atoms with Crippen LogP contribution in [0.1, 0.15) is 22.8 Å². The van der Waals surface area contributed by atoms with E-state index in [1.807, 2.05) is 40.0 Å². The molecule has 0 aliphatic rings. The predicted octanol–water partition coefficient (Wildman–Crippen LogP) is 6.04. The number of imidazole rings is 1. The molecule has 11 heteroatoms. The molecule has 2 N–H and O–H groups in total. The molecule has 0 radical (unpaired) electrons. The van der Waals surface area contributed by atoms with Crippen LogP contribution in [0.4, 0.5) is 0 Å². The lowest BCUT2D eigenvalue weighted by atomic mass is 10.1. The van der Waals surface area contributed by atoms with Crippen LogP contribution < -0.4 is 9.71 Å². The molecule has 4 rings (SSSR count). The van der Waals surface area contributed by atoms with E-state index in [0.717, 1.165) is 16.7 Å². The molecular formula is C25H22Cl4N3O3S+. The van der Waals surface area contributed by atoms with Gasteiger partial charge in [0.15, 0.2) is 0 Å². The number of primary sulfonamides is 1. The van der Waals surface area contributed by atoms with Gasteiger partial charge in [-0.3, -0.25) is 0 Å². The molecule has 188 valence electrons. The summed E-state index contributed by atoms with van der Waals surface area (Å²) < 4.78 is 33.2. The minimum absolute atomic E-state index is 0.0782. The standard InChI is InChI=1S/C25H22Cl4N3O3S/c26-19-4-3-18(23(28)11-19)15-35-25(22-8-5-20(27)12-24(22)29)14-32-10-9-31(16-32)13-17-1-6-21(7-2-17)36(30,33)34/h1-12,16,25H,13-15H2,(H2,30,33,34)/q+1. The Morgan fingerprint density at radius 3 is 2.22 bits per heavy atom. The average Bonchev–Trinajstić information content (AvgIpc) is 3.24. The molecule has 0 aliphatic carbocycles. The lowest BCUT2D eigenvalue weighted by molar-refractivity contribution is -0.687. The van der Waals surface area contributed by atoms with Gasteiger partial charge >= 0.3 is 0 Å². The molecule has 0 amide bonds. The van der Waals surface area contributed by atoms with E-state index in [4.69, 9.17) is 56.3 Å². The number of aromatic nitrogens is 2. The van der Waals surface area contributed by atoms with Gasteiger partial charge in [0, 0.05) is 25.7 Å². The van der Waals surface area contributed by atoms with Crippen LogP contribution in [0.5, 0.6) is 0 Å². The Hall–Kier alpha value is -2.10. The maximum Gasteiger partial charge on any atom is 0.244 e. The first-order valence-corrected chi connectivity index (χ1v) is 13.8. The summed E-state index contributed by atoms with van der Waals surface area (Å²) in [4.78, 5) is 0.0782. The van der Waals surface area contributed by atoms with Crippen molar-refractivity contribution in [1.82, 2.24) is 4.57 Å². The van der Waals surface area contributed by atoms with Gasteiger partial charge in [-0.1, -0.05) is 70.7 Å². The summed E-state index contributed by atoms with van der Waals surface area (Å²) in [6, 6.07) is 17.0. The Balaban J connectivity index is 1.52. The van der Waals surface area contributed by atoms with E-state index in [0.29, 0.717) is 33.2 Å². The van der Waals surface area contributed by atoms with Crippen LogP contribution in [0.2, 0.25) is 20.1 Å². The fraction of sp³-hybridized carbons (Fsp3) is 0.160. The predicted molar refractivity (Wildman–Crippen MR) is 142 cm³/mol. The van der Waals surface area contributed by atoms with Gasteiger partial charge in [0.1, 0.15) is 31.6 Å². The van der Waals surface area contributed by atoms with Crippen molar-refractivity contribution in [2.75, 3.05) is 0 Å². The van der Waals surface area contributed by atoms with Crippen molar-refractivity contribution in [3.63, 3.8) is 0 Å². The largest absolute Gasteiger partial charge is 0.365 e.